The maximum absolute atomic E-state index is 12.6. The van der Waals surface area contributed by atoms with Gasteiger partial charge in [-0.25, -0.2) is 0 Å². The summed E-state index contributed by atoms with van der Waals surface area (Å²) in [5.41, 5.74) is -0.327. The number of carbonyl (C=O) groups is 1. The van der Waals surface area contributed by atoms with Crippen LogP contribution < -0.4 is 0 Å². The third-order valence-corrected chi connectivity index (χ3v) is 4.84. The Balaban J connectivity index is 5.72. The average molecular weight is 273 g/mol. The first-order valence-electron chi connectivity index (χ1n) is 7.35. The molecule has 0 bridgehead atoms. The lowest BCUT2D eigenvalue weighted by atomic mass is 9.57. The lowest BCUT2D eigenvalue weighted by molar-refractivity contribution is -0.160. The summed E-state index contributed by atoms with van der Waals surface area (Å²) in [5.74, 6) is 1.58. The van der Waals surface area contributed by atoms with Crippen LogP contribution in [0.5, 0.6) is 0 Å². The van der Waals surface area contributed by atoms with Gasteiger partial charge in [0.15, 0.2) is 0 Å². The van der Waals surface area contributed by atoms with E-state index < -0.39 is 0 Å². The second-order valence-corrected chi connectivity index (χ2v) is 6.78. The largest absolute Gasteiger partial charge is 0.528 e. The van der Waals surface area contributed by atoms with Crippen molar-refractivity contribution in [2.75, 3.05) is 0 Å². The van der Waals surface area contributed by atoms with E-state index in [0.717, 1.165) is 12.8 Å². The summed E-state index contributed by atoms with van der Waals surface area (Å²) < 4.78 is 5.32. The highest BCUT2D eigenvalue weighted by Crippen LogP contribution is 2.49. The van der Waals surface area contributed by atoms with Gasteiger partial charge in [0.1, 0.15) is 0 Å². The van der Waals surface area contributed by atoms with Gasteiger partial charge in [-0.2, -0.15) is 0 Å². The first-order valence-corrected chi connectivity index (χ1v) is 8.16. The maximum atomic E-state index is 12.6. The van der Waals surface area contributed by atoms with Gasteiger partial charge >= 0.3 is 0 Å². The molecule has 0 saturated carbocycles. The number of hydrogen-bond donors (Lipinski definition) is 0. The summed E-state index contributed by atoms with van der Waals surface area (Å²) in [6.07, 6.45) is 2.23. The Labute approximate surface area is 116 Å². The van der Waals surface area contributed by atoms with Crippen LogP contribution in [0.15, 0.2) is 0 Å². The maximum Gasteiger partial charge on any atom is 0.298 e. The molecule has 1 atom stereocenters. The Bertz CT molecular complexity index is 251. The van der Waals surface area contributed by atoms with Crippen LogP contribution in [0, 0.1) is 29.1 Å². The molecule has 0 aliphatic rings. The third kappa shape index (κ3) is 3.17. The molecule has 0 aromatic heterocycles. The first kappa shape index (κ1) is 17.7. The van der Waals surface area contributed by atoms with Crippen LogP contribution in [0.4, 0.5) is 0 Å². The van der Waals surface area contributed by atoms with Crippen molar-refractivity contribution in [2.24, 2.45) is 29.1 Å². The van der Waals surface area contributed by atoms with Gasteiger partial charge < -0.3 is 4.43 Å². The fourth-order valence-electron chi connectivity index (χ4n) is 3.76. The van der Waals surface area contributed by atoms with E-state index in [9.17, 15) is 4.79 Å². The van der Waals surface area contributed by atoms with Gasteiger partial charge in [-0.05, 0) is 30.1 Å². The highest BCUT2D eigenvalue weighted by Gasteiger charge is 2.51. The van der Waals surface area contributed by atoms with Crippen LogP contribution in [0.1, 0.15) is 61.3 Å². The van der Waals surface area contributed by atoms with E-state index in [2.05, 4.69) is 48.5 Å². The Morgan fingerprint density at radius 3 is 1.78 bits per heavy atom. The fourth-order valence-corrected chi connectivity index (χ4v) is 4.11. The molecule has 18 heavy (non-hydrogen) atoms. The Hall–Kier alpha value is -0.313. The lowest BCUT2D eigenvalue weighted by Gasteiger charge is -2.47. The van der Waals surface area contributed by atoms with Crippen molar-refractivity contribution < 1.29 is 9.22 Å². The van der Waals surface area contributed by atoms with Gasteiger partial charge in [-0.1, -0.05) is 54.9 Å². The monoisotopic (exact) mass is 272 g/mol. The van der Waals surface area contributed by atoms with Crippen LogP contribution in [0.3, 0.4) is 0 Å². The molecule has 0 rings (SSSR count). The molecule has 0 aliphatic heterocycles. The van der Waals surface area contributed by atoms with Crippen molar-refractivity contribution in [1.82, 2.24) is 0 Å². The first-order chi connectivity index (χ1) is 8.26. The van der Waals surface area contributed by atoms with E-state index in [1.54, 1.807) is 0 Å². The van der Waals surface area contributed by atoms with Crippen LogP contribution in [-0.4, -0.2) is 16.5 Å². The summed E-state index contributed by atoms with van der Waals surface area (Å²) in [4.78, 5) is 12.6. The van der Waals surface area contributed by atoms with Crippen LogP contribution in [-0.2, 0) is 9.22 Å². The molecular weight excluding hydrogens is 240 g/mol. The van der Waals surface area contributed by atoms with E-state index in [0.29, 0.717) is 34.2 Å². The van der Waals surface area contributed by atoms with Crippen molar-refractivity contribution in [1.29, 1.82) is 0 Å². The SMILES string of the molecule is CCCC(C(C)C)C(C(=O)O[SiH3])(C(C)C)C(C)C. The molecule has 2 nitrogen and oxygen atoms in total. The fraction of sp³-hybridized carbons (Fsp3) is 0.933. The van der Waals surface area contributed by atoms with Crippen molar-refractivity contribution in [2.45, 2.75) is 61.3 Å². The molecule has 0 aliphatic carbocycles. The van der Waals surface area contributed by atoms with E-state index in [1.807, 2.05) is 0 Å². The van der Waals surface area contributed by atoms with Crippen molar-refractivity contribution >= 4 is 16.5 Å². The van der Waals surface area contributed by atoms with Crippen LogP contribution >= 0.6 is 0 Å². The van der Waals surface area contributed by atoms with E-state index in [4.69, 9.17) is 4.43 Å². The molecule has 0 heterocycles. The Kier molecular flexibility index (Phi) is 7.19. The third-order valence-electron chi connectivity index (χ3n) is 4.47. The molecule has 1 unspecified atom stereocenters. The zero-order valence-corrected chi connectivity index (χ0v) is 15.5. The summed E-state index contributed by atoms with van der Waals surface area (Å²) >= 11 is 0. The second-order valence-electron chi connectivity index (χ2n) is 6.37. The summed E-state index contributed by atoms with van der Waals surface area (Å²) in [5, 5.41) is 0. The molecule has 0 amide bonds. The normalized spacial score (nSPS) is 14.6. The van der Waals surface area contributed by atoms with Gasteiger partial charge in [0.2, 0.25) is 10.5 Å². The van der Waals surface area contributed by atoms with Crippen molar-refractivity contribution in [3.8, 4) is 0 Å². The van der Waals surface area contributed by atoms with Crippen LogP contribution in [0.25, 0.3) is 0 Å². The number of hydrogen-bond acceptors (Lipinski definition) is 2. The predicted octanol–water partition coefficient (Wildman–Crippen LogP) is 3.18. The highest BCUT2D eigenvalue weighted by atomic mass is 28.2. The predicted molar refractivity (Wildman–Crippen MR) is 81.4 cm³/mol. The van der Waals surface area contributed by atoms with E-state index >= 15 is 0 Å². The zero-order chi connectivity index (χ0) is 14.5. The topological polar surface area (TPSA) is 26.3 Å². The number of rotatable bonds is 7. The Morgan fingerprint density at radius 2 is 1.56 bits per heavy atom. The molecule has 0 aromatic carbocycles. The number of carbonyl (C=O) groups excluding carboxylic acids is 1. The minimum Gasteiger partial charge on any atom is -0.528 e. The van der Waals surface area contributed by atoms with Gasteiger partial charge in [-0.15, -0.1) is 0 Å². The van der Waals surface area contributed by atoms with Gasteiger partial charge in [0.25, 0.3) is 5.97 Å². The molecule has 0 spiro atoms. The summed E-state index contributed by atoms with van der Waals surface area (Å²) in [7, 11) is 0.491. The minimum absolute atomic E-state index is 0.0336. The molecule has 0 radical (unpaired) electrons. The van der Waals surface area contributed by atoms with Gasteiger partial charge in [-0.3, -0.25) is 4.79 Å². The lowest BCUT2D eigenvalue weighted by Crippen LogP contribution is -2.50. The molecule has 108 valence electrons. The summed E-state index contributed by atoms with van der Waals surface area (Å²) in [6, 6.07) is 0. The Morgan fingerprint density at radius 1 is 1.11 bits per heavy atom. The van der Waals surface area contributed by atoms with Gasteiger partial charge in [0.05, 0.1) is 5.41 Å². The van der Waals surface area contributed by atoms with Crippen molar-refractivity contribution in [3.05, 3.63) is 0 Å². The second kappa shape index (κ2) is 7.32. The molecule has 3 heteroatoms. The highest BCUT2D eigenvalue weighted by molar-refractivity contribution is 6.06. The van der Waals surface area contributed by atoms with E-state index in [-0.39, 0.29) is 11.4 Å². The summed E-state index contributed by atoms with van der Waals surface area (Å²) in [6.45, 7) is 15.4. The smallest absolute Gasteiger partial charge is 0.298 e. The van der Waals surface area contributed by atoms with E-state index in [1.165, 1.54) is 0 Å². The van der Waals surface area contributed by atoms with Crippen LogP contribution in [0.2, 0.25) is 0 Å². The molecule has 0 saturated heterocycles. The molecule has 0 fully saturated rings. The minimum atomic E-state index is -0.327. The average Bonchev–Trinajstić information content (AvgIpc) is 2.27. The zero-order valence-electron chi connectivity index (χ0n) is 13.5. The quantitative estimate of drug-likeness (QED) is 0.665. The van der Waals surface area contributed by atoms with Gasteiger partial charge in [0, 0.05) is 0 Å². The molecule has 0 N–H and O–H groups in total. The molecule has 0 aromatic rings. The molecular formula is C15H32O2Si. The van der Waals surface area contributed by atoms with Crippen molar-refractivity contribution in [3.63, 3.8) is 0 Å². The standard InChI is InChI=1S/C15H32O2Si/c1-8-9-13(10(2)3)15(11(4)5,12(6)7)14(16)17-18/h10-13H,8-9H2,1-7,18H3.